The smallest absolute Gasteiger partial charge is 0.237 e. The molecule has 0 bridgehead atoms. The SMILES string of the molecule is Cc1ccc(NC(=O)[C@@H](C)Sc2nnc(CCC3CCCCC3)n2N)cc1F. The molecule has 1 atom stereocenters. The fourth-order valence-corrected chi connectivity index (χ4v) is 4.28. The van der Waals surface area contributed by atoms with Crippen molar-refractivity contribution in [3.63, 3.8) is 0 Å². The van der Waals surface area contributed by atoms with Gasteiger partial charge in [0.15, 0.2) is 5.82 Å². The number of amides is 1. The van der Waals surface area contributed by atoms with Crippen LogP contribution in [0.2, 0.25) is 0 Å². The highest BCUT2D eigenvalue weighted by molar-refractivity contribution is 8.00. The highest BCUT2D eigenvalue weighted by atomic mass is 32.2. The number of hydrogen-bond acceptors (Lipinski definition) is 5. The Balaban J connectivity index is 1.54. The minimum atomic E-state index is -0.443. The number of rotatable bonds is 7. The van der Waals surface area contributed by atoms with Crippen LogP contribution in [0.5, 0.6) is 0 Å². The lowest BCUT2D eigenvalue weighted by molar-refractivity contribution is -0.115. The predicted octanol–water partition coefficient (Wildman–Crippen LogP) is 4.07. The van der Waals surface area contributed by atoms with Gasteiger partial charge in [-0.25, -0.2) is 9.07 Å². The minimum absolute atomic E-state index is 0.236. The number of nitrogens with two attached hydrogens (primary N) is 1. The van der Waals surface area contributed by atoms with E-state index in [1.165, 1.54) is 54.6 Å². The van der Waals surface area contributed by atoms with Crippen molar-refractivity contribution < 1.29 is 9.18 Å². The largest absolute Gasteiger partial charge is 0.336 e. The normalized spacial score (nSPS) is 16.1. The molecule has 1 heterocycles. The van der Waals surface area contributed by atoms with Gasteiger partial charge in [0.05, 0.1) is 5.25 Å². The average molecular weight is 406 g/mol. The molecule has 1 amide bonds. The number of aryl methyl sites for hydroxylation is 2. The van der Waals surface area contributed by atoms with Gasteiger partial charge in [-0.2, -0.15) is 0 Å². The lowest BCUT2D eigenvalue weighted by Gasteiger charge is -2.20. The summed E-state index contributed by atoms with van der Waals surface area (Å²) in [5.74, 6) is 7.07. The number of halogens is 1. The van der Waals surface area contributed by atoms with Crippen LogP contribution in [-0.2, 0) is 11.2 Å². The third-order valence-electron chi connectivity index (χ3n) is 5.33. The first kappa shape index (κ1) is 20.6. The number of nitrogen functional groups attached to an aromatic ring is 1. The van der Waals surface area contributed by atoms with Crippen molar-refractivity contribution in [1.29, 1.82) is 0 Å². The van der Waals surface area contributed by atoms with Gasteiger partial charge < -0.3 is 11.2 Å². The van der Waals surface area contributed by atoms with Crippen LogP contribution in [0.4, 0.5) is 10.1 Å². The van der Waals surface area contributed by atoms with Gasteiger partial charge in [-0.15, -0.1) is 10.2 Å². The van der Waals surface area contributed by atoms with E-state index in [1.54, 1.807) is 26.0 Å². The summed E-state index contributed by atoms with van der Waals surface area (Å²) < 4.78 is 15.1. The number of nitrogens with zero attached hydrogens (tertiary/aromatic N) is 3. The van der Waals surface area contributed by atoms with Crippen LogP contribution < -0.4 is 11.2 Å². The molecule has 2 aromatic rings. The van der Waals surface area contributed by atoms with Gasteiger partial charge in [0.1, 0.15) is 5.82 Å². The first-order valence-electron chi connectivity index (χ1n) is 9.87. The molecule has 3 N–H and O–H groups in total. The molecular formula is C20H28FN5OS. The molecule has 0 aliphatic heterocycles. The van der Waals surface area contributed by atoms with E-state index in [4.69, 9.17) is 5.84 Å². The molecule has 8 heteroatoms. The molecule has 0 unspecified atom stereocenters. The second-order valence-corrected chi connectivity index (χ2v) is 8.83. The van der Waals surface area contributed by atoms with E-state index in [2.05, 4.69) is 15.5 Å². The molecule has 0 saturated heterocycles. The van der Waals surface area contributed by atoms with Crippen molar-refractivity contribution >= 4 is 23.4 Å². The maximum Gasteiger partial charge on any atom is 0.237 e. The molecule has 1 aromatic carbocycles. The van der Waals surface area contributed by atoms with Crippen molar-refractivity contribution in [2.75, 3.05) is 11.2 Å². The summed E-state index contributed by atoms with van der Waals surface area (Å²) in [5.41, 5.74) is 0.973. The molecule has 1 saturated carbocycles. The third kappa shape index (κ3) is 5.25. The number of benzene rings is 1. The number of carbonyl (C=O) groups is 1. The molecule has 1 aliphatic rings. The first-order valence-corrected chi connectivity index (χ1v) is 10.7. The van der Waals surface area contributed by atoms with E-state index >= 15 is 0 Å². The maximum absolute atomic E-state index is 13.6. The van der Waals surface area contributed by atoms with E-state index in [1.807, 2.05) is 0 Å². The lowest BCUT2D eigenvalue weighted by atomic mass is 9.86. The maximum atomic E-state index is 13.6. The fourth-order valence-electron chi connectivity index (χ4n) is 3.49. The standard InChI is InChI=1S/C20H28FN5OS/c1-13-8-10-16(12-17(13)21)23-19(27)14(2)28-20-25-24-18(26(20)22)11-9-15-6-4-3-5-7-15/h8,10,12,14-15H,3-7,9,11,22H2,1-2H3,(H,23,27)/t14-/m1/s1. The van der Waals surface area contributed by atoms with Crippen LogP contribution >= 0.6 is 11.8 Å². The van der Waals surface area contributed by atoms with Gasteiger partial charge >= 0.3 is 0 Å². The number of hydrogen-bond donors (Lipinski definition) is 2. The van der Waals surface area contributed by atoms with Crippen molar-refractivity contribution in [3.05, 3.63) is 35.4 Å². The van der Waals surface area contributed by atoms with Crippen molar-refractivity contribution in [2.24, 2.45) is 5.92 Å². The summed E-state index contributed by atoms with van der Waals surface area (Å²) in [6.45, 7) is 3.44. The Morgan fingerprint density at radius 2 is 2.11 bits per heavy atom. The summed E-state index contributed by atoms with van der Waals surface area (Å²) in [7, 11) is 0. The molecule has 0 spiro atoms. The zero-order valence-electron chi connectivity index (χ0n) is 16.4. The first-order chi connectivity index (χ1) is 13.4. The zero-order valence-corrected chi connectivity index (χ0v) is 17.3. The van der Waals surface area contributed by atoms with Crippen LogP contribution in [0.1, 0.15) is 56.8 Å². The summed E-state index contributed by atoms with van der Waals surface area (Å²) in [4.78, 5) is 12.4. The Kier molecular flexibility index (Phi) is 6.93. The summed E-state index contributed by atoms with van der Waals surface area (Å²) >= 11 is 1.25. The molecule has 1 fully saturated rings. The third-order valence-corrected chi connectivity index (χ3v) is 6.38. The Labute approximate surface area is 169 Å². The van der Waals surface area contributed by atoms with E-state index in [-0.39, 0.29) is 11.7 Å². The Bertz CT molecular complexity index is 819. The van der Waals surface area contributed by atoms with Crippen molar-refractivity contribution in [3.8, 4) is 0 Å². The summed E-state index contributed by atoms with van der Waals surface area (Å²) in [6.07, 6.45) is 8.44. The number of anilines is 1. The Morgan fingerprint density at radius 1 is 1.36 bits per heavy atom. The van der Waals surface area contributed by atoms with E-state index in [9.17, 15) is 9.18 Å². The van der Waals surface area contributed by atoms with Gasteiger partial charge in [-0.05, 0) is 43.9 Å². The van der Waals surface area contributed by atoms with E-state index < -0.39 is 5.25 Å². The van der Waals surface area contributed by atoms with Crippen LogP contribution in [-0.4, -0.2) is 26.0 Å². The zero-order chi connectivity index (χ0) is 20.1. The molecule has 6 nitrogen and oxygen atoms in total. The minimum Gasteiger partial charge on any atom is -0.336 e. The second kappa shape index (κ2) is 9.41. The van der Waals surface area contributed by atoms with Crippen LogP contribution in [0.25, 0.3) is 0 Å². The molecule has 0 radical (unpaired) electrons. The number of nitrogens with one attached hydrogen (secondary N) is 1. The average Bonchev–Trinajstić information content (AvgIpc) is 3.03. The van der Waals surface area contributed by atoms with Gasteiger partial charge in [0.25, 0.3) is 0 Å². The molecule has 28 heavy (non-hydrogen) atoms. The number of carbonyl (C=O) groups excluding carboxylic acids is 1. The topological polar surface area (TPSA) is 85.8 Å². The second-order valence-electron chi connectivity index (χ2n) is 7.52. The van der Waals surface area contributed by atoms with Crippen molar-refractivity contribution in [2.45, 2.75) is 69.2 Å². The van der Waals surface area contributed by atoms with Gasteiger partial charge in [0, 0.05) is 12.1 Å². The van der Waals surface area contributed by atoms with E-state index in [0.29, 0.717) is 16.4 Å². The number of aromatic nitrogens is 3. The van der Waals surface area contributed by atoms with Gasteiger partial charge in [-0.1, -0.05) is 49.9 Å². The predicted molar refractivity (Wildman–Crippen MR) is 110 cm³/mol. The van der Waals surface area contributed by atoms with Gasteiger partial charge in [0.2, 0.25) is 11.1 Å². The quantitative estimate of drug-likeness (QED) is 0.536. The number of thioether (sulfide) groups is 1. The Morgan fingerprint density at radius 3 is 2.82 bits per heavy atom. The lowest BCUT2D eigenvalue weighted by Crippen LogP contribution is -2.24. The van der Waals surface area contributed by atoms with Crippen LogP contribution in [0, 0.1) is 18.7 Å². The van der Waals surface area contributed by atoms with Crippen LogP contribution in [0.3, 0.4) is 0 Å². The van der Waals surface area contributed by atoms with E-state index in [0.717, 1.165) is 24.6 Å². The van der Waals surface area contributed by atoms with Crippen LogP contribution in [0.15, 0.2) is 23.4 Å². The Hall–Kier alpha value is -2.09. The van der Waals surface area contributed by atoms with Crippen molar-refractivity contribution in [1.82, 2.24) is 14.9 Å². The summed E-state index contributed by atoms with van der Waals surface area (Å²) in [6, 6.07) is 4.64. The highest BCUT2D eigenvalue weighted by Crippen LogP contribution is 2.28. The van der Waals surface area contributed by atoms with Gasteiger partial charge in [-0.3, -0.25) is 4.79 Å². The molecule has 3 rings (SSSR count). The molecule has 152 valence electrons. The summed E-state index contributed by atoms with van der Waals surface area (Å²) in [5, 5.41) is 11.1. The highest BCUT2D eigenvalue weighted by Gasteiger charge is 2.21. The molecule has 1 aliphatic carbocycles. The monoisotopic (exact) mass is 405 g/mol. The molecular weight excluding hydrogens is 377 g/mol. The molecule has 1 aromatic heterocycles. The fraction of sp³-hybridized carbons (Fsp3) is 0.550.